The van der Waals surface area contributed by atoms with Gasteiger partial charge in [-0.1, -0.05) is 6.08 Å². The van der Waals surface area contributed by atoms with Crippen molar-refractivity contribution in [1.29, 1.82) is 10.5 Å². The highest BCUT2D eigenvalue weighted by molar-refractivity contribution is 5.81. The van der Waals surface area contributed by atoms with Gasteiger partial charge in [0, 0.05) is 24.2 Å². The van der Waals surface area contributed by atoms with E-state index in [1.807, 2.05) is 25.2 Å². The molecule has 2 bridgehead atoms. The third-order valence-electron chi connectivity index (χ3n) is 4.71. The molecule has 0 saturated heterocycles. The molecule has 106 valence electrons. The van der Waals surface area contributed by atoms with Crippen molar-refractivity contribution in [2.24, 2.45) is 23.7 Å². The molecule has 4 nitrogen and oxygen atoms in total. The number of rotatable bonds is 3. The van der Waals surface area contributed by atoms with E-state index in [-0.39, 0.29) is 23.7 Å². The number of allylic oxidation sites excluding steroid dienone is 2. The first-order valence-corrected chi connectivity index (χ1v) is 7.10. The predicted molar refractivity (Wildman–Crippen MR) is 80.3 cm³/mol. The summed E-state index contributed by atoms with van der Waals surface area (Å²) in [5.74, 6) is 0.806. The first-order valence-electron chi connectivity index (χ1n) is 7.10. The Morgan fingerprint density at radius 3 is 2.62 bits per heavy atom. The smallest absolute Gasteiger partial charge is 0.119 e. The van der Waals surface area contributed by atoms with Gasteiger partial charge in [-0.05, 0) is 36.1 Å². The van der Waals surface area contributed by atoms with Crippen LogP contribution in [0.25, 0.3) is 5.57 Å². The van der Waals surface area contributed by atoms with Crippen LogP contribution in [0.5, 0.6) is 5.75 Å². The van der Waals surface area contributed by atoms with Gasteiger partial charge in [0.25, 0.3) is 0 Å². The summed E-state index contributed by atoms with van der Waals surface area (Å²) in [4.78, 5) is 0. The maximum absolute atomic E-state index is 9.41. The van der Waals surface area contributed by atoms with Gasteiger partial charge in [-0.25, -0.2) is 0 Å². The molecule has 2 unspecified atom stereocenters. The van der Waals surface area contributed by atoms with Crippen LogP contribution in [0.1, 0.15) is 12.0 Å². The molecule has 2 aliphatic rings. The van der Waals surface area contributed by atoms with E-state index in [1.165, 1.54) is 5.57 Å². The highest BCUT2D eigenvalue weighted by Gasteiger charge is 2.49. The number of hydrogen-bond donors (Lipinski definition) is 1. The van der Waals surface area contributed by atoms with Gasteiger partial charge in [0.1, 0.15) is 5.75 Å². The molecule has 0 spiro atoms. The summed E-state index contributed by atoms with van der Waals surface area (Å²) >= 11 is 0. The van der Waals surface area contributed by atoms with E-state index in [1.54, 1.807) is 7.11 Å². The number of nitrogens with zero attached hydrogens (tertiary/aromatic N) is 2. The average Bonchev–Trinajstić information content (AvgIpc) is 3.11. The summed E-state index contributed by atoms with van der Waals surface area (Å²) in [6, 6.07) is 10.6. The summed E-state index contributed by atoms with van der Waals surface area (Å²) in [5, 5.41) is 21.9. The minimum Gasteiger partial charge on any atom is -0.497 e. The molecule has 4 heteroatoms. The zero-order valence-electron chi connectivity index (χ0n) is 12.1. The van der Waals surface area contributed by atoms with Crippen molar-refractivity contribution >= 4 is 11.3 Å². The van der Waals surface area contributed by atoms with Crippen molar-refractivity contribution in [2.45, 2.75) is 6.42 Å². The van der Waals surface area contributed by atoms with Crippen molar-refractivity contribution in [3.63, 3.8) is 0 Å². The molecule has 1 aromatic carbocycles. The predicted octanol–water partition coefficient (Wildman–Crippen LogP) is 3.05. The lowest BCUT2D eigenvalue weighted by Crippen LogP contribution is -2.19. The van der Waals surface area contributed by atoms with Crippen molar-refractivity contribution in [3.8, 4) is 17.9 Å². The van der Waals surface area contributed by atoms with Gasteiger partial charge in [-0.3, -0.25) is 0 Å². The fourth-order valence-corrected chi connectivity index (χ4v) is 3.69. The van der Waals surface area contributed by atoms with E-state index in [0.29, 0.717) is 0 Å². The lowest BCUT2D eigenvalue weighted by Gasteiger charge is -2.23. The number of nitrogens with one attached hydrogen (secondary N) is 1. The Morgan fingerprint density at radius 1 is 1.24 bits per heavy atom. The molecule has 0 heterocycles. The maximum atomic E-state index is 9.41. The SMILES string of the molecule is CNc1ccc(OC)cc1C1=CC2CC1[C@@H](C#N)[C@@H]2C#N. The molecule has 1 saturated carbocycles. The molecule has 0 aromatic heterocycles. The molecule has 21 heavy (non-hydrogen) atoms. The van der Waals surface area contributed by atoms with E-state index in [4.69, 9.17) is 4.74 Å². The second-order valence-corrected chi connectivity index (χ2v) is 5.60. The molecule has 1 aromatic rings. The minimum atomic E-state index is -0.198. The second kappa shape index (κ2) is 5.14. The normalized spacial score (nSPS) is 29.4. The van der Waals surface area contributed by atoms with Gasteiger partial charge < -0.3 is 10.1 Å². The van der Waals surface area contributed by atoms with Crippen molar-refractivity contribution in [3.05, 3.63) is 29.8 Å². The number of benzene rings is 1. The van der Waals surface area contributed by atoms with Gasteiger partial charge in [0.15, 0.2) is 0 Å². The van der Waals surface area contributed by atoms with Gasteiger partial charge in [0.05, 0.1) is 31.1 Å². The summed E-state index contributed by atoms with van der Waals surface area (Å²) < 4.78 is 5.32. The molecule has 1 fully saturated rings. The van der Waals surface area contributed by atoms with Gasteiger partial charge in [-0.15, -0.1) is 0 Å². The second-order valence-electron chi connectivity index (χ2n) is 5.60. The first kappa shape index (κ1) is 13.5. The first-order chi connectivity index (χ1) is 10.2. The van der Waals surface area contributed by atoms with E-state index in [9.17, 15) is 10.5 Å². The molecular weight excluding hydrogens is 262 g/mol. The Kier molecular flexibility index (Phi) is 3.31. The topological polar surface area (TPSA) is 68.8 Å². The zero-order chi connectivity index (χ0) is 15.0. The fourth-order valence-electron chi connectivity index (χ4n) is 3.69. The van der Waals surface area contributed by atoms with Crippen LogP contribution in [-0.4, -0.2) is 14.2 Å². The fraction of sp³-hybridized carbons (Fsp3) is 0.412. The summed E-state index contributed by atoms with van der Waals surface area (Å²) in [6.07, 6.45) is 3.09. The highest BCUT2D eigenvalue weighted by atomic mass is 16.5. The van der Waals surface area contributed by atoms with E-state index in [2.05, 4.69) is 23.5 Å². The van der Waals surface area contributed by atoms with Crippen LogP contribution in [0, 0.1) is 46.3 Å². The van der Waals surface area contributed by atoms with Crippen LogP contribution in [-0.2, 0) is 0 Å². The summed E-state index contributed by atoms with van der Waals surface area (Å²) in [6.45, 7) is 0. The Hall–Kier alpha value is -2.46. The molecule has 0 amide bonds. The number of hydrogen-bond acceptors (Lipinski definition) is 4. The Morgan fingerprint density at radius 2 is 2.00 bits per heavy atom. The number of methoxy groups -OCH3 is 1. The number of fused-ring (bicyclic) bond motifs is 2. The lowest BCUT2D eigenvalue weighted by molar-refractivity contribution is 0.414. The molecule has 1 N–H and O–H groups in total. The molecule has 0 aliphatic heterocycles. The number of nitriles is 2. The third kappa shape index (κ3) is 1.96. The Bertz CT molecular complexity index is 680. The largest absolute Gasteiger partial charge is 0.497 e. The quantitative estimate of drug-likeness (QED) is 0.923. The van der Waals surface area contributed by atoms with Crippen LogP contribution < -0.4 is 10.1 Å². The van der Waals surface area contributed by atoms with Gasteiger partial charge in [-0.2, -0.15) is 10.5 Å². The van der Waals surface area contributed by atoms with Crippen molar-refractivity contribution in [1.82, 2.24) is 0 Å². The van der Waals surface area contributed by atoms with Crippen LogP contribution >= 0.6 is 0 Å². The van der Waals surface area contributed by atoms with E-state index in [0.717, 1.165) is 23.4 Å². The standard InChI is InChI=1S/C17H17N3O/c1-20-17-4-3-11(21-2)7-14(17)12-5-10-6-13(12)16(9-19)15(10)8-18/h3-5,7,10,13,15-16,20H,6H2,1-2H3/t10?,13?,15-,16-/m1/s1. The number of anilines is 1. The highest BCUT2D eigenvalue weighted by Crippen LogP contribution is 2.55. The maximum Gasteiger partial charge on any atom is 0.119 e. The third-order valence-corrected chi connectivity index (χ3v) is 4.71. The van der Waals surface area contributed by atoms with Gasteiger partial charge >= 0.3 is 0 Å². The molecule has 0 radical (unpaired) electrons. The Balaban J connectivity index is 2.06. The van der Waals surface area contributed by atoms with Crippen LogP contribution in [0.15, 0.2) is 24.3 Å². The van der Waals surface area contributed by atoms with Crippen LogP contribution in [0.3, 0.4) is 0 Å². The van der Waals surface area contributed by atoms with Crippen LogP contribution in [0.2, 0.25) is 0 Å². The monoisotopic (exact) mass is 279 g/mol. The Labute approximate surface area is 124 Å². The molecule has 3 rings (SSSR count). The van der Waals surface area contributed by atoms with Gasteiger partial charge in [0.2, 0.25) is 0 Å². The summed E-state index contributed by atoms with van der Waals surface area (Å²) in [5.41, 5.74) is 3.29. The number of ether oxygens (including phenoxy) is 1. The molecule has 2 aliphatic carbocycles. The molecular formula is C17H17N3O. The molecule has 4 atom stereocenters. The lowest BCUT2D eigenvalue weighted by atomic mass is 9.78. The van der Waals surface area contributed by atoms with Crippen LogP contribution in [0.4, 0.5) is 5.69 Å². The zero-order valence-corrected chi connectivity index (χ0v) is 12.1. The van der Waals surface area contributed by atoms with E-state index < -0.39 is 0 Å². The van der Waals surface area contributed by atoms with E-state index >= 15 is 0 Å². The van der Waals surface area contributed by atoms with Crippen molar-refractivity contribution < 1.29 is 4.74 Å². The average molecular weight is 279 g/mol. The minimum absolute atomic E-state index is 0.156. The summed E-state index contributed by atoms with van der Waals surface area (Å²) in [7, 11) is 3.54. The van der Waals surface area contributed by atoms with Crippen molar-refractivity contribution in [2.75, 3.05) is 19.5 Å².